The predicted octanol–water partition coefficient (Wildman–Crippen LogP) is 2.30. The van der Waals surface area contributed by atoms with Crippen molar-refractivity contribution >= 4 is 21.6 Å². The highest BCUT2D eigenvalue weighted by molar-refractivity contribution is 7.92. The second-order valence-electron chi connectivity index (χ2n) is 8.30. The van der Waals surface area contributed by atoms with Crippen LogP contribution in [0, 0.1) is 6.92 Å². The van der Waals surface area contributed by atoms with Gasteiger partial charge in [-0.25, -0.2) is 8.42 Å². The molecule has 0 aliphatic carbocycles. The molecule has 0 saturated carbocycles. The number of nitrogens with two attached hydrogens (primary N) is 1. The van der Waals surface area contributed by atoms with Crippen LogP contribution in [0.3, 0.4) is 0 Å². The summed E-state index contributed by atoms with van der Waals surface area (Å²) >= 11 is 0. The van der Waals surface area contributed by atoms with Crippen LogP contribution in [0.25, 0.3) is 0 Å². The van der Waals surface area contributed by atoms with Crippen molar-refractivity contribution in [3.63, 3.8) is 0 Å². The van der Waals surface area contributed by atoms with Crippen molar-refractivity contribution in [2.45, 2.75) is 44.6 Å². The van der Waals surface area contributed by atoms with Crippen LogP contribution in [-0.4, -0.2) is 40.0 Å². The third-order valence-electron chi connectivity index (χ3n) is 4.58. The number of anilines is 1. The Morgan fingerprint density at radius 1 is 1.10 bits per heavy atom. The fourth-order valence-electron chi connectivity index (χ4n) is 2.79. The molecule has 2 rings (SSSR count). The summed E-state index contributed by atoms with van der Waals surface area (Å²) in [6.45, 7) is 9.84. The van der Waals surface area contributed by atoms with Gasteiger partial charge in [0.2, 0.25) is 0 Å². The van der Waals surface area contributed by atoms with Gasteiger partial charge < -0.3 is 10.6 Å². The number of benzene rings is 2. The molecule has 0 radical (unpaired) electrons. The number of carbonyl (C=O) groups excluding carboxylic acids is 1. The number of rotatable bonds is 8. The molecule has 7 heteroatoms. The minimum atomic E-state index is -3.76. The fraction of sp³-hybridized carbons (Fsp3) is 0.409. The van der Waals surface area contributed by atoms with Crippen LogP contribution < -0.4 is 14.9 Å². The van der Waals surface area contributed by atoms with Crippen LogP contribution in [0.1, 0.15) is 43.1 Å². The van der Waals surface area contributed by atoms with Crippen molar-refractivity contribution < 1.29 is 18.5 Å². The molecular formula is C22H32N3O3S+. The maximum Gasteiger partial charge on any atom is 0.264 e. The Bertz CT molecular complexity index is 933. The minimum absolute atomic E-state index is 0.0919. The molecule has 158 valence electrons. The number of aryl methyl sites for hydroxylation is 1. The van der Waals surface area contributed by atoms with E-state index in [1.54, 1.807) is 24.3 Å². The second kappa shape index (κ2) is 9.41. The molecule has 3 N–H and O–H groups in total. The lowest BCUT2D eigenvalue weighted by molar-refractivity contribution is -0.717. The molecule has 0 unspecified atom stereocenters. The smallest absolute Gasteiger partial charge is 0.264 e. The SMILES string of the molecule is Cc1ccc(N(C)S(=O)(=O)c2cccc(C(=O)NCCC[NH2+]C(C)(C)C)c2)cc1. The van der Waals surface area contributed by atoms with Gasteiger partial charge in [-0.15, -0.1) is 0 Å². The topological polar surface area (TPSA) is 83.1 Å². The van der Waals surface area contributed by atoms with E-state index in [1.165, 1.54) is 23.5 Å². The monoisotopic (exact) mass is 418 g/mol. The molecule has 2 aromatic rings. The van der Waals surface area contributed by atoms with Gasteiger partial charge in [0.05, 0.1) is 22.7 Å². The van der Waals surface area contributed by atoms with Gasteiger partial charge in [0, 0.05) is 25.6 Å². The van der Waals surface area contributed by atoms with Crippen molar-refractivity contribution in [3.05, 3.63) is 59.7 Å². The largest absolute Gasteiger partial charge is 0.352 e. The van der Waals surface area contributed by atoms with Crippen LogP contribution in [0.5, 0.6) is 0 Å². The molecule has 0 aliphatic heterocycles. The maximum atomic E-state index is 13.0. The molecule has 1 amide bonds. The van der Waals surface area contributed by atoms with E-state index < -0.39 is 10.0 Å². The van der Waals surface area contributed by atoms with E-state index in [0.29, 0.717) is 17.8 Å². The summed E-state index contributed by atoms with van der Waals surface area (Å²) in [5, 5.41) is 5.09. The Kier molecular flexibility index (Phi) is 7.43. The first-order chi connectivity index (χ1) is 13.5. The number of carbonyl (C=O) groups is 1. The van der Waals surface area contributed by atoms with Crippen LogP contribution in [0.2, 0.25) is 0 Å². The third-order valence-corrected chi connectivity index (χ3v) is 6.36. The van der Waals surface area contributed by atoms with Gasteiger partial charge in [-0.3, -0.25) is 9.10 Å². The van der Waals surface area contributed by atoms with Gasteiger partial charge in [-0.1, -0.05) is 23.8 Å². The van der Waals surface area contributed by atoms with Gasteiger partial charge in [-0.05, 0) is 58.0 Å². The number of quaternary nitrogens is 1. The Morgan fingerprint density at radius 2 is 1.76 bits per heavy atom. The zero-order valence-electron chi connectivity index (χ0n) is 17.9. The first-order valence-corrected chi connectivity index (χ1v) is 11.2. The average molecular weight is 419 g/mol. The van der Waals surface area contributed by atoms with E-state index in [1.807, 2.05) is 19.1 Å². The fourth-order valence-corrected chi connectivity index (χ4v) is 4.03. The summed E-state index contributed by atoms with van der Waals surface area (Å²) in [6.07, 6.45) is 0.844. The van der Waals surface area contributed by atoms with Crippen molar-refractivity contribution in [2.75, 3.05) is 24.4 Å². The lowest BCUT2D eigenvalue weighted by Crippen LogP contribution is -2.94. The highest BCUT2D eigenvalue weighted by Crippen LogP contribution is 2.23. The van der Waals surface area contributed by atoms with E-state index in [0.717, 1.165) is 18.5 Å². The molecular weight excluding hydrogens is 386 g/mol. The molecule has 0 aromatic heterocycles. The lowest BCUT2D eigenvalue weighted by atomic mass is 10.1. The molecule has 0 spiro atoms. The summed E-state index contributed by atoms with van der Waals surface area (Å²) in [4.78, 5) is 12.5. The van der Waals surface area contributed by atoms with Crippen LogP contribution >= 0.6 is 0 Å². The Morgan fingerprint density at radius 3 is 2.38 bits per heavy atom. The van der Waals surface area contributed by atoms with Gasteiger partial charge in [0.25, 0.3) is 15.9 Å². The average Bonchev–Trinajstić information content (AvgIpc) is 2.66. The zero-order chi connectivity index (χ0) is 21.7. The first kappa shape index (κ1) is 22.9. The highest BCUT2D eigenvalue weighted by Gasteiger charge is 2.22. The van der Waals surface area contributed by atoms with E-state index in [9.17, 15) is 13.2 Å². The van der Waals surface area contributed by atoms with E-state index in [4.69, 9.17) is 0 Å². The quantitative estimate of drug-likeness (QED) is 0.645. The first-order valence-electron chi connectivity index (χ1n) is 9.79. The number of nitrogens with zero attached hydrogens (tertiary/aromatic N) is 1. The van der Waals surface area contributed by atoms with E-state index >= 15 is 0 Å². The summed E-state index contributed by atoms with van der Waals surface area (Å²) in [5.74, 6) is -0.268. The number of hydrogen-bond donors (Lipinski definition) is 2. The lowest BCUT2D eigenvalue weighted by Gasteiger charge is -2.20. The summed E-state index contributed by atoms with van der Waals surface area (Å²) < 4.78 is 27.2. The number of nitrogens with one attached hydrogen (secondary N) is 1. The number of amides is 1. The molecule has 0 aliphatic rings. The van der Waals surface area contributed by atoms with Crippen molar-refractivity contribution in [1.29, 1.82) is 0 Å². The summed E-state index contributed by atoms with van der Waals surface area (Å²) in [7, 11) is -2.25. The molecule has 29 heavy (non-hydrogen) atoms. The maximum absolute atomic E-state index is 13.0. The molecule has 0 heterocycles. The molecule has 0 bridgehead atoms. The highest BCUT2D eigenvalue weighted by atomic mass is 32.2. The Labute approximate surface area is 174 Å². The predicted molar refractivity (Wildman–Crippen MR) is 117 cm³/mol. The van der Waals surface area contributed by atoms with Crippen LogP contribution in [0.15, 0.2) is 53.4 Å². The number of sulfonamides is 1. The molecule has 6 nitrogen and oxygen atoms in total. The summed E-state index contributed by atoms with van der Waals surface area (Å²) in [5.41, 5.74) is 2.12. The van der Waals surface area contributed by atoms with Crippen molar-refractivity contribution in [2.24, 2.45) is 0 Å². The van der Waals surface area contributed by atoms with Crippen LogP contribution in [0.4, 0.5) is 5.69 Å². The van der Waals surface area contributed by atoms with Gasteiger partial charge >= 0.3 is 0 Å². The standard InChI is InChI=1S/C22H31N3O3S/c1-17-10-12-19(13-11-17)25(5)29(27,28)20-9-6-8-18(16-20)21(26)23-14-7-15-24-22(2,3)4/h6,8-13,16,24H,7,14-15H2,1-5H3,(H,23,26)/p+1. The molecule has 2 aromatic carbocycles. The van der Waals surface area contributed by atoms with Gasteiger partial charge in [0.15, 0.2) is 0 Å². The summed E-state index contributed by atoms with van der Waals surface area (Å²) in [6, 6.07) is 13.4. The third kappa shape index (κ3) is 6.58. The van der Waals surface area contributed by atoms with E-state index in [2.05, 4.69) is 31.4 Å². The number of hydrogen-bond acceptors (Lipinski definition) is 3. The molecule has 0 saturated heterocycles. The Balaban J connectivity index is 2.05. The van der Waals surface area contributed by atoms with Crippen LogP contribution in [-0.2, 0) is 10.0 Å². The van der Waals surface area contributed by atoms with E-state index in [-0.39, 0.29) is 16.3 Å². The van der Waals surface area contributed by atoms with Gasteiger partial charge in [-0.2, -0.15) is 0 Å². The normalized spacial score (nSPS) is 11.9. The van der Waals surface area contributed by atoms with Crippen molar-refractivity contribution in [3.8, 4) is 0 Å². The molecule has 0 fully saturated rings. The van der Waals surface area contributed by atoms with Crippen molar-refractivity contribution in [1.82, 2.24) is 5.32 Å². The Hall–Kier alpha value is -2.38. The zero-order valence-corrected chi connectivity index (χ0v) is 18.7. The minimum Gasteiger partial charge on any atom is -0.352 e. The molecule has 0 atom stereocenters. The second-order valence-corrected chi connectivity index (χ2v) is 10.3. The van der Waals surface area contributed by atoms with Gasteiger partial charge in [0.1, 0.15) is 0 Å².